The molecule has 55 heavy (non-hydrogen) atoms. The fraction of sp³-hybridized carbons (Fsp3) is 0.812. The Bertz CT molecular complexity index is 744. The quantitative estimate of drug-likeness (QED) is 0.0324. The summed E-state index contributed by atoms with van der Waals surface area (Å²) in [5, 5.41) is 25.4. The summed E-state index contributed by atoms with van der Waals surface area (Å²) in [4.78, 5) is 30.9. The number of hydrogen-bond acceptors (Lipinski definition) is 3. The predicted octanol–water partition coefficient (Wildman–Crippen LogP) is 16.0. The van der Waals surface area contributed by atoms with Gasteiger partial charge in [0.25, 0.3) is 0 Å². The maximum Gasteiger partial charge on any atom is 0.303 e. The number of hydrogen-bond donors (Lipinski definition) is 3. The third-order valence-corrected chi connectivity index (χ3v) is 9.46. The minimum absolute atomic E-state index is 0. The summed E-state index contributed by atoms with van der Waals surface area (Å²) in [6, 6.07) is 0. The second-order valence-corrected chi connectivity index (χ2v) is 15.1. The predicted molar refractivity (Wildman–Crippen MR) is 245 cm³/mol. The molecule has 0 heterocycles. The van der Waals surface area contributed by atoms with Crippen LogP contribution in [0.15, 0.2) is 36.5 Å². The number of aliphatic carboxylic acids is 3. The van der Waals surface area contributed by atoms with Crippen molar-refractivity contribution in [3.8, 4) is 0 Å². The highest BCUT2D eigenvalue weighted by Crippen LogP contribution is 2.11. The molecule has 0 amide bonds. The van der Waals surface area contributed by atoms with Gasteiger partial charge in [-0.2, -0.15) is 9.90 Å². The van der Waals surface area contributed by atoms with Crippen molar-refractivity contribution in [3.63, 3.8) is 0 Å². The molecule has 0 aromatic carbocycles. The molecule has 1 atom stereocenters. The van der Waals surface area contributed by atoms with E-state index in [4.69, 9.17) is 15.3 Å². The average molecular weight is 797 g/mol. The number of rotatable bonds is 39. The molecule has 0 aliphatic carbocycles. The van der Waals surface area contributed by atoms with Crippen molar-refractivity contribution < 1.29 is 29.7 Å². The van der Waals surface area contributed by atoms with E-state index in [1.165, 1.54) is 173 Å². The lowest BCUT2D eigenvalue weighted by Crippen LogP contribution is -1.93. The van der Waals surface area contributed by atoms with Crippen LogP contribution in [0.2, 0.25) is 0 Å². The van der Waals surface area contributed by atoms with Crippen LogP contribution >= 0.6 is 9.90 Å². The molecule has 0 aliphatic rings. The molecule has 0 aromatic rings. The Morgan fingerprint density at radius 1 is 0.291 bits per heavy atom. The first-order valence-corrected chi connectivity index (χ1v) is 22.9. The van der Waals surface area contributed by atoms with Crippen molar-refractivity contribution in [2.75, 3.05) is 0 Å². The van der Waals surface area contributed by atoms with E-state index in [0.717, 1.165) is 38.5 Å². The fourth-order valence-electron chi connectivity index (χ4n) is 5.98. The number of carboxylic acid groups (broad SMARTS) is 3. The van der Waals surface area contributed by atoms with Gasteiger partial charge in [0.2, 0.25) is 0 Å². The third-order valence-electron chi connectivity index (χ3n) is 9.46. The Morgan fingerprint density at radius 3 is 0.636 bits per heavy atom. The highest BCUT2D eigenvalue weighted by Gasteiger charge is 1.98. The monoisotopic (exact) mass is 797 g/mol. The van der Waals surface area contributed by atoms with E-state index >= 15 is 0 Å². The lowest BCUT2D eigenvalue weighted by molar-refractivity contribution is -0.138. The Morgan fingerprint density at radius 2 is 0.455 bits per heavy atom. The molecular formula is C48H93O6P. The third kappa shape index (κ3) is 70.4. The summed E-state index contributed by atoms with van der Waals surface area (Å²) in [5.74, 6) is -2.00. The molecule has 326 valence electrons. The number of carboxylic acids is 3. The first kappa shape index (κ1) is 59.7. The van der Waals surface area contributed by atoms with Crippen LogP contribution in [0.25, 0.3) is 0 Å². The van der Waals surface area contributed by atoms with Gasteiger partial charge in [0.05, 0.1) is 0 Å². The van der Waals surface area contributed by atoms with Gasteiger partial charge in [-0.05, 0) is 96.3 Å². The Kier molecular flexibility index (Phi) is 61.3. The van der Waals surface area contributed by atoms with Crippen LogP contribution in [-0.4, -0.2) is 33.2 Å². The summed E-state index contributed by atoms with van der Waals surface area (Å²) in [5.41, 5.74) is 0. The molecular weight excluding hydrogens is 703 g/mol. The topological polar surface area (TPSA) is 112 Å². The van der Waals surface area contributed by atoms with E-state index < -0.39 is 17.9 Å². The van der Waals surface area contributed by atoms with Crippen LogP contribution in [0.5, 0.6) is 0 Å². The van der Waals surface area contributed by atoms with Gasteiger partial charge in [-0.25, -0.2) is 0 Å². The Labute approximate surface area is 344 Å². The smallest absolute Gasteiger partial charge is 0.303 e. The van der Waals surface area contributed by atoms with E-state index in [0.29, 0.717) is 19.3 Å². The molecule has 1 unspecified atom stereocenters. The van der Waals surface area contributed by atoms with E-state index in [2.05, 4.69) is 57.2 Å². The highest BCUT2D eigenvalue weighted by molar-refractivity contribution is 6.92. The zero-order chi connectivity index (χ0) is 40.4. The van der Waals surface area contributed by atoms with Crippen LogP contribution in [0.1, 0.15) is 252 Å². The molecule has 0 spiro atoms. The molecule has 7 heteroatoms. The first-order valence-electron chi connectivity index (χ1n) is 22.9. The molecule has 0 bridgehead atoms. The molecule has 0 saturated carbocycles. The normalized spacial score (nSPS) is 11.0. The van der Waals surface area contributed by atoms with Crippen LogP contribution in [0, 0.1) is 0 Å². The molecule has 0 rings (SSSR count). The number of unbranched alkanes of at least 4 members (excludes halogenated alkanes) is 27. The summed E-state index contributed by atoms with van der Waals surface area (Å²) in [7, 11) is 0. The zero-order valence-electron chi connectivity index (χ0n) is 36.7. The van der Waals surface area contributed by atoms with Crippen LogP contribution in [0.4, 0.5) is 0 Å². The van der Waals surface area contributed by atoms with Gasteiger partial charge in [0.1, 0.15) is 0 Å². The van der Waals surface area contributed by atoms with E-state index in [1.807, 2.05) is 0 Å². The van der Waals surface area contributed by atoms with Crippen molar-refractivity contribution in [1.82, 2.24) is 0 Å². The standard InChI is InChI=1S/3C16H30O2.H3P/c3*1-2-3-4-5-6-7-8-9-10-11-12-13-14-15-16(17)18;/h3*7-8H,2-6,9-15H2,1H3,(H,17,18);1H3/b3*8-7-;. The van der Waals surface area contributed by atoms with Gasteiger partial charge in [0, 0.05) is 19.3 Å². The molecule has 0 radical (unpaired) electrons. The van der Waals surface area contributed by atoms with Crippen molar-refractivity contribution in [3.05, 3.63) is 36.5 Å². The summed E-state index contributed by atoms with van der Waals surface area (Å²) in [6.45, 7) is 6.73. The Hall–Kier alpha value is -1.94. The van der Waals surface area contributed by atoms with Crippen molar-refractivity contribution in [2.24, 2.45) is 0 Å². The van der Waals surface area contributed by atoms with Crippen LogP contribution < -0.4 is 0 Å². The van der Waals surface area contributed by atoms with Gasteiger partial charge >= 0.3 is 17.9 Å². The second kappa shape index (κ2) is 56.4. The SMILES string of the molecule is CCCCCC/C=C\CCCCCCCC(=O)O.CCCCCC/C=C\CCCCCCCC(=O)O.CCCCCC/C=C\CCCCCCCC(=O)O.P. The van der Waals surface area contributed by atoms with E-state index in [9.17, 15) is 14.4 Å². The lowest BCUT2D eigenvalue weighted by Gasteiger charge is -1.98. The lowest BCUT2D eigenvalue weighted by atomic mass is 10.1. The number of carbonyl (C=O) groups is 3. The minimum Gasteiger partial charge on any atom is -0.481 e. The van der Waals surface area contributed by atoms with Crippen LogP contribution in [0.3, 0.4) is 0 Å². The van der Waals surface area contributed by atoms with Gasteiger partial charge in [-0.3, -0.25) is 14.4 Å². The largest absolute Gasteiger partial charge is 0.481 e. The summed E-state index contributed by atoms with van der Waals surface area (Å²) < 4.78 is 0. The van der Waals surface area contributed by atoms with Gasteiger partial charge < -0.3 is 15.3 Å². The van der Waals surface area contributed by atoms with E-state index in [-0.39, 0.29) is 9.90 Å². The molecule has 0 saturated heterocycles. The van der Waals surface area contributed by atoms with Crippen molar-refractivity contribution in [2.45, 2.75) is 252 Å². The molecule has 3 N–H and O–H groups in total. The van der Waals surface area contributed by atoms with E-state index in [1.54, 1.807) is 0 Å². The molecule has 0 aromatic heterocycles. The molecule has 0 fully saturated rings. The number of allylic oxidation sites excluding steroid dienone is 6. The van der Waals surface area contributed by atoms with Gasteiger partial charge in [0.15, 0.2) is 0 Å². The highest BCUT2D eigenvalue weighted by atomic mass is 31.0. The summed E-state index contributed by atoms with van der Waals surface area (Å²) >= 11 is 0. The maximum atomic E-state index is 10.3. The van der Waals surface area contributed by atoms with Gasteiger partial charge in [-0.1, -0.05) is 173 Å². The molecule has 6 nitrogen and oxygen atoms in total. The zero-order valence-corrected chi connectivity index (χ0v) is 38.1. The van der Waals surface area contributed by atoms with Crippen molar-refractivity contribution >= 4 is 27.8 Å². The Balaban J connectivity index is -0.000000351. The van der Waals surface area contributed by atoms with Crippen molar-refractivity contribution in [1.29, 1.82) is 0 Å². The second-order valence-electron chi connectivity index (χ2n) is 15.1. The summed E-state index contributed by atoms with van der Waals surface area (Å²) in [6.07, 6.45) is 55.0. The van der Waals surface area contributed by atoms with Crippen LogP contribution in [-0.2, 0) is 14.4 Å². The average Bonchev–Trinajstić information content (AvgIpc) is 3.14. The first-order chi connectivity index (χ1) is 26.3. The molecule has 0 aliphatic heterocycles. The fourth-order valence-corrected chi connectivity index (χ4v) is 5.98. The maximum absolute atomic E-state index is 10.3. The van der Waals surface area contributed by atoms with Gasteiger partial charge in [-0.15, -0.1) is 0 Å². The minimum atomic E-state index is -0.666.